The summed E-state index contributed by atoms with van der Waals surface area (Å²) in [5.74, 6) is 1.88. The number of halogens is 1. The summed E-state index contributed by atoms with van der Waals surface area (Å²) in [7, 11) is 0. The lowest BCUT2D eigenvalue weighted by atomic mass is 10.1. The van der Waals surface area contributed by atoms with E-state index in [1.54, 1.807) is 12.3 Å². The van der Waals surface area contributed by atoms with Crippen LogP contribution in [0.1, 0.15) is 16.8 Å². The average Bonchev–Trinajstić information content (AvgIpc) is 3.16. The molecule has 8 heteroatoms. The van der Waals surface area contributed by atoms with Crippen LogP contribution < -0.4 is 15.0 Å². The molecule has 0 spiro atoms. The molecule has 0 radical (unpaired) electrons. The Hall–Kier alpha value is -2.90. The second-order valence-electron chi connectivity index (χ2n) is 6.81. The van der Waals surface area contributed by atoms with Gasteiger partial charge in [-0.15, -0.1) is 0 Å². The number of fused-ring (bicyclic) bond motifs is 2. The molecule has 0 unspecified atom stereocenters. The maximum atomic E-state index is 12.7. The highest BCUT2D eigenvalue weighted by Crippen LogP contribution is 2.37. The van der Waals surface area contributed by atoms with E-state index in [9.17, 15) is 4.79 Å². The molecule has 0 aliphatic carbocycles. The minimum absolute atomic E-state index is 0.118. The van der Waals surface area contributed by atoms with E-state index >= 15 is 0 Å². The van der Waals surface area contributed by atoms with Crippen LogP contribution in [-0.4, -0.2) is 33.2 Å². The Bertz CT molecular complexity index is 1100. The molecular formula is C20H17ClN4O3. The van der Waals surface area contributed by atoms with Gasteiger partial charge in [0.25, 0.3) is 5.56 Å². The molecule has 0 atom stereocenters. The van der Waals surface area contributed by atoms with Crippen molar-refractivity contribution in [1.82, 2.24) is 19.9 Å². The number of rotatable bonds is 3. The normalized spacial score (nSPS) is 15.5. The van der Waals surface area contributed by atoms with Gasteiger partial charge in [-0.3, -0.25) is 14.7 Å². The highest BCUT2D eigenvalue weighted by molar-refractivity contribution is 6.31. The standard InChI is InChI=1S/C20H17ClN4O3/c21-14-8-18-17(27-11-28-18)7-12(14)9-25-6-4-15-13(10-25)20(26)24-19(23-15)16-3-1-2-5-22-16/h1-3,5,7-8H,4,6,9-11H2,(H,23,24,26). The van der Waals surface area contributed by atoms with Crippen LogP contribution in [-0.2, 0) is 19.5 Å². The fourth-order valence-electron chi connectivity index (χ4n) is 3.56. The minimum atomic E-state index is -0.118. The lowest BCUT2D eigenvalue weighted by molar-refractivity contribution is 0.174. The maximum Gasteiger partial charge on any atom is 0.255 e. The average molecular weight is 397 g/mol. The second-order valence-corrected chi connectivity index (χ2v) is 7.22. The third kappa shape index (κ3) is 3.12. The molecule has 1 N–H and O–H groups in total. The topological polar surface area (TPSA) is 80.3 Å². The van der Waals surface area contributed by atoms with Gasteiger partial charge in [-0.2, -0.15) is 0 Å². The number of nitrogens with zero attached hydrogens (tertiary/aromatic N) is 3. The van der Waals surface area contributed by atoms with Crippen molar-refractivity contribution in [3.63, 3.8) is 0 Å². The third-order valence-electron chi connectivity index (χ3n) is 4.99. The molecule has 0 bridgehead atoms. The zero-order valence-electron chi connectivity index (χ0n) is 14.9. The Balaban J connectivity index is 1.39. The van der Waals surface area contributed by atoms with Gasteiger partial charge in [0.1, 0.15) is 5.69 Å². The van der Waals surface area contributed by atoms with Crippen LogP contribution in [0.25, 0.3) is 11.5 Å². The molecule has 0 amide bonds. The minimum Gasteiger partial charge on any atom is -0.454 e. The molecule has 1 aromatic carbocycles. The summed E-state index contributed by atoms with van der Waals surface area (Å²) >= 11 is 6.40. The van der Waals surface area contributed by atoms with Gasteiger partial charge in [-0.25, -0.2) is 4.98 Å². The predicted molar refractivity (Wildman–Crippen MR) is 103 cm³/mol. The molecule has 7 nitrogen and oxygen atoms in total. The van der Waals surface area contributed by atoms with Crippen molar-refractivity contribution in [2.45, 2.75) is 19.5 Å². The number of aromatic nitrogens is 3. The molecule has 3 aromatic rings. The van der Waals surface area contributed by atoms with E-state index < -0.39 is 0 Å². The van der Waals surface area contributed by atoms with E-state index in [1.165, 1.54) is 0 Å². The Morgan fingerprint density at radius 1 is 1.21 bits per heavy atom. The number of aromatic amines is 1. The van der Waals surface area contributed by atoms with Gasteiger partial charge in [0, 0.05) is 43.3 Å². The number of nitrogens with one attached hydrogen (secondary N) is 1. The summed E-state index contributed by atoms with van der Waals surface area (Å²) in [5.41, 5.74) is 3.02. The van der Waals surface area contributed by atoms with Crippen molar-refractivity contribution in [2.75, 3.05) is 13.3 Å². The fraction of sp³-hybridized carbons (Fsp3) is 0.250. The number of pyridine rings is 1. The van der Waals surface area contributed by atoms with Crippen LogP contribution in [0.3, 0.4) is 0 Å². The van der Waals surface area contributed by atoms with E-state index in [-0.39, 0.29) is 12.4 Å². The summed E-state index contributed by atoms with van der Waals surface area (Å²) in [4.78, 5) is 26.6. The Kier molecular flexibility index (Phi) is 4.26. The van der Waals surface area contributed by atoms with Crippen LogP contribution >= 0.6 is 11.6 Å². The summed E-state index contributed by atoms with van der Waals surface area (Å²) in [6, 6.07) is 9.23. The first-order valence-electron chi connectivity index (χ1n) is 9.01. The van der Waals surface area contributed by atoms with Crippen LogP contribution in [0, 0.1) is 0 Å². The van der Waals surface area contributed by atoms with Crippen molar-refractivity contribution in [1.29, 1.82) is 0 Å². The molecule has 5 rings (SSSR count). The Morgan fingerprint density at radius 3 is 2.89 bits per heavy atom. The molecule has 2 aromatic heterocycles. The zero-order chi connectivity index (χ0) is 19.1. The third-order valence-corrected chi connectivity index (χ3v) is 5.34. The quantitative estimate of drug-likeness (QED) is 0.733. The van der Waals surface area contributed by atoms with Crippen LogP contribution in [0.4, 0.5) is 0 Å². The first kappa shape index (κ1) is 17.2. The van der Waals surface area contributed by atoms with Crippen molar-refractivity contribution in [2.24, 2.45) is 0 Å². The van der Waals surface area contributed by atoms with Crippen molar-refractivity contribution in [3.05, 3.63) is 68.7 Å². The molecule has 0 saturated carbocycles. The molecule has 4 heterocycles. The largest absolute Gasteiger partial charge is 0.454 e. The lowest BCUT2D eigenvalue weighted by Crippen LogP contribution is -2.35. The highest BCUT2D eigenvalue weighted by Gasteiger charge is 2.24. The smallest absolute Gasteiger partial charge is 0.255 e. The van der Waals surface area contributed by atoms with Gasteiger partial charge in [0.05, 0.1) is 11.3 Å². The van der Waals surface area contributed by atoms with Crippen molar-refractivity contribution in [3.8, 4) is 23.0 Å². The first-order chi connectivity index (χ1) is 13.7. The Labute approximate surface area is 165 Å². The summed E-state index contributed by atoms with van der Waals surface area (Å²) in [6.07, 6.45) is 2.38. The number of benzene rings is 1. The number of ether oxygens (including phenoxy) is 2. The predicted octanol–water partition coefficient (Wildman–Crippen LogP) is 2.77. The van der Waals surface area contributed by atoms with Gasteiger partial charge in [-0.1, -0.05) is 17.7 Å². The lowest BCUT2D eigenvalue weighted by Gasteiger charge is -2.28. The van der Waals surface area contributed by atoms with Gasteiger partial charge in [0.15, 0.2) is 17.3 Å². The molecule has 0 fully saturated rings. The Morgan fingerprint density at radius 2 is 2.07 bits per heavy atom. The molecule has 2 aliphatic heterocycles. The number of H-pyrrole nitrogens is 1. The van der Waals surface area contributed by atoms with Gasteiger partial charge < -0.3 is 14.5 Å². The molecule has 142 valence electrons. The van der Waals surface area contributed by atoms with E-state index in [2.05, 4.69) is 19.9 Å². The summed E-state index contributed by atoms with van der Waals surface area (Å²) in [6.45, 7) is 2.14. The monoisotopic (exact) mass is 396 g/mol. The van der Waals surface area contributed by atoms with E-state index in [0.29, 0.717) is 53.1 Å². The first-order valence-corrected chi connectivity index (χ1v) is 9.39. The SMILES string of the molecule is O=c1[nH]c(-c2ccccn2)nc2c1CN(Cc1cc3c(cc1Cl)OCO3)CC2. The molecule has 2 aliphatic rings. The number of hydrogen-bond acceptors (Lipinski definition) is 6. The van der Waals surface area contributed by atoms with Gasteiger partial charge in [0.2, 0.25) is 6.79 Å². The summed E-state index contributed by atoms with van der Waals surface area (Å²) in [5, 5.41) is 0.632. The van der Waals surface area contributed by atoms with E-state index in [4.69, 9.17) is 21.1 Å². The molecule has 28 heavy (non-hydrogen) atoms. The fourth-order valence-corrected chi connectivity index (χ4v) is 3.77. The zero-order valence-corrected chi connectivity index (χ0v) is 15.7. The van der Waals surface area contributed by atoms with Crippen molar-refractivity contribution < 1.29 is 9.47 Å². The van der Waals surface area contributed by atoms with Crippen LogP contribution in [0.2, 0.25) is 5.02 Å². The molecule has 0 saturated heterocycles. The molecular weight excluding hydrogens is 380 g/mol. The van der Waals surface area contributed by atoms with E-state index in [0.717, 1.165) is 17.8 Å². The van der Waals surface area contributed by atoms with Crippen LogP contribution in [0.5, 0.6) is 11.5 Å². The summed E-state index contributed by atoms with van der Waals surface area (Å²) < 4.78 is 10.8. The maximum absolute atomic E-state index is 12.7. The van der Waals surface area contributed by atoms with E-state index in [1.807, 2.05) is 24.3 Å². The second kappa shape index (κ2) is 6.92. The van der Waals surface area contributed by atoms with Crippen LogP contribution in [0.15, 0.2) is 41.3 Å². The van der Waals surface area contributed by atoms with Gasteiger partial charge >= 0.3 is 0 Å². The van der Waals surface area contributed by atoms with Gasteiger partial charge in [-0.05, 0) is 23.8 Å². The number of hydrogen-bond donors (Lipinski definition) is 1. The highest BCUT2D eigenvalue weighted by atomic mass is 35.5. The van der Waals surface area contributed by atoms with Crippen molar-refractivity contribution >= 4 is 11.6 Å².